The summed E-state index contributed by atoms with van der Waals surface area (Å²) in [6.07, 6.45) is 3.38. The van der Waals surface area contributed by atoms with Crippen molar-refractivity contribution >= 4 is 35.4 Å². The topological polar surface area (TPSA) is 93.9 Å². The summed E-state index contributed by atoms with van der Waals surface area (Å²) in [7, 11) is 0. The number of nitriles is 1. The van der Waals surface area contributed by atoms with Crippen LogP contribution in [0.2, 0.25) is 0 Å². The number of nitrogens with zero attached hydrogens (tertiary/aromatic N) is 3. The van der Waals surface area contributed by atoms with Gasteiger partial charge in [0, 0.05) is 11.9 Å². The number of H-pyrrole nitrogens is 1. The third-order valence-corrected chi connectivity index (χ3v) is 3.89. The molecule has 0 fully saturated rings. The van der Waals surface area contributed by atoms with Crippen molar-refractivity contribution in [1.82, 2.24) is 10.2 Å². The zero-order valence-corrected chi connectivity index (χ0v) is 11.9. The molecule has 2 heterocycles. The first-order valence-corrected chi connectivity index (χ1v) is 7.43. The Morgan fingerprint density at radius 2 is 2.29 bits per heavy atom. The van der Waals surface area contributed by atoms with E-state index in [1.165, 1.54) is 11.8 Å². The highest BCUT2D eigenvalue weighted by Crippen LogP contribution is 2.32. The van der Waals surface area contributed by atoms with Gasteiger partial charge in [-0.25, -0.2) is 4.99 Å². The van der Waals surface area contributed by atoms with Gasteiger partial charge < -0.3 is 5.32 Å². The molecular weight excluding hydrogens is 286 g/mol. The number of thioether (sulfide) groups is 1. The fraction of sp³-hybridized carbons (Fsp3) is 0.143. The summed E-state index contributed by atoms with van der Waals surface area (Å²) in [5.74, 6) is -0.198. The second-order valence-corrected chi connectivity index (χ2v) is 5.20. The van der Waals surface area contributed by atoms with Crippen molar-refractivity contribution in [2.75, 3.05) is 11.6 Å². The second kappa shape index (κ2) is 5.42. The average Bonchev–Trinajstić information content (AvgIpc) is 3.04. The predicted octanol–water partition coefficient (Wildman–Crippen LogP) is 2.44. The van der Waals surface area contributed by atoms with Gasteiger partial charge in [-0.1, -0.05) is 18.2 Å². The molecule has 6 nitrogen and oxygen atoms in total. The molecule has 1 unspecified atom stereocenters. The maximum Gasteiger partial charge on any atom is 0.237 e. The van der Waals surface area contributed by atoms with Crippen LogP contribution in [0.3, 0.4) is 0 Å². The highest BCUT2D eigenvalue weighted by atomic mass is 32.2. The van der Waals surface area contributed by atoms with E-state index in [1.807, 2.05) is 30.5 Å². The summed E-state index contributed by atoms with van der Waals surface area (Å²) >= 11 is 1.37. The Balaban J connectivity index is 1.92. The first kappa shape index (κ1) is 13.4. The smallest absolute Gasteiger partial charge is 0.237 e. The van der Waals surface area contributed by atoms with E-state index in [9.17, 15) is 4.79 Å². The highest BCUT2D eigenvalue weighted by Gasteiger charge is 2.28. The summed E-state index contributed by atoms with van der Waals surface area (Å²) in [6, 6.07) is 9.55. The molecular formula is C14H11N5OS. The van der Waals surface area contributed by atoms with Gasteiger partial charge in [0.15, 0.2) is 5.82 Å². The molecule has 0 saturated heterocycles. The summed E-state index contributed by atoms with van der Waals surface area (Å²) in [6.45, 7) is 0. The van der Waals surface area contributed by atoms with Crippen molar-refractivity contribution in [3.8, 4) is 6.07 Å². The minimum atomic E-state index is -0.450. The van der Waals surface area contributed by atoms with Crippen LogP contribution in [0.25, 0.3) is 0 Å². The number of amides is 1. The minimum Gasteiger partial charge on any atom is -0.325 e. The lowest BCUT2D eigenvalue weighted by Crippen LogP contribution is -2.12. The number of hydrogen-bond donors (Lipinski definition) is 2. The number of aliphatic imine (C=N–C) groups is 1. The number of fused-ring (bicyclic) bond motifs is 1. The molecule has 0 aliphatic carbocycles. The zero-order valence-electron chi connectivity index (χ0n) is 11.1. The van der Waals surface area contributed by atoms with Gasteiger partial charge in [-0.05, 0) is 17.9 Å². The lowest BCUT2D eigenvalue weighted by atomic mass is 10.0. The molecule has 1 aliphatic rings. The monoisotopic (exact) mass is 297 g/mol. The maximum atomic E-state index is 12.0. The van der Waals surface area contributed by atoms with E-state index in [0.717, 1.165) is 11.3 Å². The van der Waals surface area contributed by atoms with Gasteiger partial charge in [0.25, 0.3) is 0 Å². The van der Waals surface area contributed by atoms with Crippen LogP contribution < -0.4 is 5.32 Å². The maximum absolute atomic E-state index is 12.0. The fourth-order valence-electron chi connectivity index (χ4n) is 2.19. The number of rotatable bonds is 3. The van der Waals surface area contributed by atoms with E-state index < -0.39 is 5.92 Å². The van der Waals surface area contributed by atoms with E-state index >= 15 is 0 Å². The number of benzene rings is 1. The molecule has 104 valence electrons. The van der Waals surface area contributed by atoms with Gasteiger partial charge >= 0.3 is 0 Å². The van der Waals surface area contributed by atoms with Crippen molar-refractivity contribution in [3.63, 3.8) is 0 Å². The van der Waals surface area contributed by atoms with Crippen molar-refractivity contribution < 1.29 is 4.79 Å². The predicted molar refractivity (Wildman–Crippen MR) is 81.0 cm³/mol. The van der Waals surface area contributed by atoms with Crippen LogP contribution in [-0.4, -0.2) is 28.6 Å². The number of aromatic amines is 1. The van der Waals surface area contributed by atoms with E-state index in [1.54, 1.807) is 6.21 Å². The van der Waals surface area contributed by atoms with Crippen LogP contribution in [-0.2, 0) is 4.79 Å². The number of nitrogens with one attached hydrogen (secondary N) is 2. The molecule has 3 rings (SSSR count). The third-order valence-electron chi connectivity index (χ3n) is 3.21. The number of carbonyl (C=O) groups is 1. The van der Waals surface area contributed by atoms with E-state index in [0.29, 0.717) is 16.4 Å². The molecule has 0 spiro atoms. The van der Waals surface area contributed by atoms with E-state index in [4.69, 9.17) is 5.26 Å². The molecule has 1 amide bonds. The molecule has 21 heavy (non-hydrogen) atoms. The van der Waals surface area contributed by atoms with Gasteiger partial charge in [-0.2, -0.15) is 10.4 Å². The molecule has 0 saturated carbocycles. The van der Waals surface area contributed by atoms with Gasteiger partial charge in [-0.15, -0.1) is 11.8 Å². The number of anilines is 1. The standard InChI is InChI=1S/C14H11N5OS/c1-21-14-9(6-15)12(18-19-14)16-7-10-8-4-2-3-5-11(8)17-13(10)20/h2-5,7,10H,1H3,(H,17,20)(H,18,19). The minimum absolute atomic E-state index is 0.122. The van der Waals surface area contributed by atoms with Crippen LogP contribution in [0.5, 0.6) is 0 Å². The molecule has 1 aromatic carbocycles. The Labute approximate surface area is 125 Å². The number of para-hydroxylation sites is 1. The van der Waals surface area contributed by atoms with Gasteiger partial charge in [0.2, 0.25) is 5.91 Å². The Morgan fingerprint density at radius 1 is 1.48 bits per heavy atom. The number of carbonyl (C=O) groups excluding carboxylic acids is 1. The summed E-state index contributed by atoms with van der Waals surface area (Å²) in [4.78, 5) is 16.2. The van der Waals surface area contributed by atoms with Gasteiger partial charge in [0.1, 0.15) is 22.6 Å². The molecule has 0 radical (unpaired) electrons. The Bertz CT molecular complexity index is 774. The first-order valence-electron chi connectivity index (χ1n) is 6.21. The van der Waals surface area contributed by atoms with E-state index in [2.05, 4.69) is 26.6 Å². The number of hydrogen-bond acceptors (Lipinski definition) is 5. The van der Waals surface area contributed by atoms with Crippen molar-refractivity contribution in [2.24, 2.45) is 4.99 Å². The first-order chi connectivity index (χ1) is 10.2. The van der Waals surface area contributed by atoms with Gasteiger partial charge in [0.05, 0.1) is 0 Å². The molecule has 1 aromatic heterocycles. The quantitative estimate of drug-likeness (QED) is 0.672. The molecule has 1 atom stereocenters. The van der Waals surface area contributed by atoms with Crippen LogP contribution >= 0.6 is 11.8 Å². The van der Waals surface area contributed by atoms with Crippen LogP contribution in [0.15, 0.2) is 34.3 Å². The summed E-state index contributed by atoms with van der Waals surface area (Å²) in [5, 5.41) is 19.3. The highest BCUT2D eigenvalue weighted by molar-refractivity contribution is 7.98. The normalized spacial score (nSPS) is 16.8. The Hall–Kier alpha value is -2.59. The fourth-order valence-corrected chi connectivity index (χ4v) is 2.67. The second-order valence-electron chi connectivity index (χ2n) is 4.40. The summed E-state index contributed by atoms with van der Waals surface area (Å²) < 4.78 is 0. The van der Waals surface area contributed by atoms with Crippen LogP contribution in [0, 0.1) is 11.3 Å². The molecule has 1 aliphatic heterocycles. The molecule has 2 aromatic rings. The molecule has 7 heteroatoms. The van der Waals surface area contributed by atoms with Crippen molar-refractivity contribution in [3.05, 3.63) is 35.4 Å². The lowest BCUT2D eigenvalue weighted by molar-refractivity contribution is -0.115. The lowest BCUT2D eigenvalue weighted by Gasteiger charge is -2.00. The van der Waals surface area contributed by atoms with E-state index in [-0.39, 0.29) is 5.91 Å². The SMILES string of the molecule is CSc1n[nH]c(N=CC2C(=O)Nc3ccccc32)c1C#N. The summed E-state index contributed by atoms with van der Waals surface area (Å²) in [5.41, 5.74) is 2.08. The zero-order chi connectivity index (χ0) is 14.8. The van der Waals surface area contributed by atoms with Crippen LogP contribution in [0.4, 0.5) is 11.5 Å². The van der Waals surface area contributed by atoms with Crippen molar-refractivity contribution in [2.45, 2.75) is 10.9 Å². The Morgan fingerprint density at radius 3 is 3.05 bits per heavy atom. The average molecular weight is 297 g/mol. The number of aromatic nitrogens is 2. The molecule has 2 N–H and O–H groups in total. The van der Waals surface area contributed by atoms with Crippen molar-refractivity contribution in [1.29, 1.82) is 5.26 Å². The Kier molecular flexibility index (Phi) is 3.46. The van der Waals surface area contributed by atoms with Gasteiger partial charge in [-0.3, -0.25) is 9.89 Å². The van der Waals surface area contributed by atoms with Crippen LogP contribution in [0.1, 0.15) is 17.0 Å². The third kappa shape index (κ3) is 2.30. The molecule has 0 bridgehead atoms. The largest absolute Gasteiger partial charge is 0.325 e.